The fraction of sp³-hybridized carbons (Fsp3) is 0.222. The Morgan fingerprint density at radius 1 is 1.42 bits per heavy atom. The summed E-state index contributed by atoms with van der Waals surface area (Å²) in [6.45, 7) is 1.85. The molecule has 1 aromatic carbocycles. The van der Waals surface area contributed by atoms with E-state index in [4.69, 9.17) is 4.74 Å². The fourth-order valence-electron chi connectivity index (χ4n) is 0.931. The molecule has 0 saturated carbocycles. The van der Waals surface area contributed by atoms with E-state index in [2.05, 4.69) is 0 Å². The topological polar surface area (TPSA) is 26.3 Å². The number of carbonyl (C=O) groups excluding carboxylic acids is 1. The zero-order valence-corrected chi connectivity index (χ0v) is 8.82. The molecule has 0 radical (unpaired) electrons. The summed E-state index contributed by atoms with van der Waals surface area (Å²) in [4.78, 5) is 10.6. The molecule has 0 bridgehead atoms. The second-order valence-corrected chi connectivity index (χ2v) is 3.29. The molecule has 0 heterocycles. The maximum Gasteiger partial charge on any atom is 0.367 e. The molecule has 0 spiro atoms. The van der Waals surface area contributed by atoms with Crippen LogP contribution in [0.25, 0.3) is 0 Å². The van der Waals surface area contributed by atoms with Crippen LogP contribution < -0.4 is 0 Å². The van der Waals surface area contributed by atoms with Crippen molar-refractivity contribution in [2.24, 2.45) is 0 Å². The molecule has 0 saturated heterocycles. The molecule has 0 aliphatic carbocycles. The lowest BCUT2D eigenvalue weighted by atomic mass is 10.1. The Hall–Kier alpha value is -0.580. The minimum Gasteiger partial charge on any atom is -0.450 e. The number of halogens is 1. The van der Waals surface area contributed by atoms with Crippen molar-refractivity contribution >= 4 is 26.6 Å². The van der Waals surface area contributed by atoms with Crippen LogP contribution in [0.15, 0.2) is 30.3 Å². The molecule has 12 heavy (non-hydrogen) atoms. The van der Waals surface area contributed by atoms with Gasteiger partial charge in [0, 0.05) is 0 Å². The number of ether oxygens (including phenoxy) is 1. The van der Waals surface area contributed by atoms with E-state index in [-0.39, 0.29) is 10.1 Å². The molecular weight excluding hydrogens is 267 g/mol. The average molecular weight is 276 g/mol. The van der Waals surface area contributed by atoms with Crippen LogP contribution in [0.1, 0.15) is 18.6 Å². The minimum atomic E-state index is -0.274. The van der Waals surface area contributed by atoms with Crippen LogP contribution in [0.5, 0.6) is 0 Å². The molecule has 3 heteroatoms. The van der Waals surface area contributed by atoms with Crippen molar-refractivity contribution < 1.29 is 9.53 Å². The molecule has 0 aliphatic rings. The van der Waals surface area contributed by atoms with E-state index in [1.54, 1.807) is 22.6 Å². The van der Waals surface area contributed by atoms with Gasteiger partial charge >= 0.3 is 3.98 Å². The van der Waals surface area contributed by atoms with E-state index in [0.717, 1.165) is 5.56 Å². The third-order valence-electron chi connectivity index (χ3n) is 1.54. The van der Waals surface area contributed by atoms with Crippen molar-refractivity contribution in [2.75, 3.05) is 0 Å². The highest BCUT2D eigenvalue weighted by molar-refractivity contribution is 14.1. The van der Waals surface area contributed by atoms with Crippen LogP contribution in [-0.4, -0.2) is 3.98 Å². The summed E-state index contributed by atoms with van der Waals surface area (Å²) in [5, 5.41) is 0. The highest BCUT2D eigenvalue weighted by atomic mass is 127. The van der Waals surface area contributed by atoms with E-state index < -0.39 is 0 Å². The molecule has 0 unspecified atom stereocenters. The van der Waals surface area contributed by atoms with Crippen LogP contribution in [0.3, 0.4) is 0 Å². The van der Waals surface area contributed by atoms with Gasteiger partial charge in [-0.25, -0.2) is 4.79 Å². The Labute approximate surface area is 85.1 Å². The highest BCUT2D eigenvalue weighted by Gasteiger charge is 2.07. The zero-order chi connectivity index (χ0) is 8.97. The van der Waals surface area contributed by atoms with E-state index in [1.165, 1.54) is 0 Å². The lowest BCUT2D eigenvalue weighted by Crippen LogP contribution is -2.00. The van der Waals surface area contributed by atoms with Crippen LogP contribution >= 0.6 is 22.6 Å². The second-order valence-electron chi connectivity index (χ2n) is 2.41. The van der Waals surface area contributed by atoms with Crippen LogP contribution in [0, 0.1) is 0 Å². The monoisotopic (exact) mass is 276 g/mol. The van der Waals surface area contributed by atoms with Crippen LogP contribution in [0.2, 0.25) is 0 Å². The molecule has 64 valence electrons. The maximum absolute atomic E-state index is 10.6. The van der Waals surface area contributed by atoms with Gasteiger partial charge in [-0.2, -0.15) is 0 Å². The number of hydrogen-bond donors (Lipinski definition) is 0. The van der Waals surface area contributed by atoms with Gasteiger partial charge in [0.2, 0.25) is 0 Å². The first-order valence-corrected chi connectivity index (χ1v) is 4.69. The molecule has 0 N–H and O–H groups in total. The first kappa shape index (κ1) is 9.51. The van der Waals surface area contributed by atoms with Crippen molar-refractivity contribution in [3.05, 3.63) is 35.9 Å². The van der Waals surface area contributed by atoms with Gasteiger partial charge < -0.3 is 4.74 Å². The Bertz CT molecular complexity index is 258. The molecular formula is C9H9IO2. The van der Waals surface area contributed by atoms with Crippen LogP contribution in [-0.2, 0) is 4.74 Å². The summed E-state index contributed by atoms with van der Waals surface area (Å²) in [7, 11) is 0. The predicted octanol–water partition coefficient (Wildman–Crippen LogP) is 3.32. The van der Waals surface area contributed by atoms with Crippen molar-refractivity contribution in [3.63, 3.8) is 0 Å². The second kappa shape index (κ2) is 4.45. The van der Waals surface area contributed by atoms with Gasteiger partial charge in [0.1, 0.15) is 6.10 Å². The van der Waals surface area contributed by atoms with Gasteiger partial charge in [-0.15, -0.1) is 0 Å². The molecule has 2 nitrogen and oxygen atoms in total. The Morgan fingerprint density at radius 3 is 2.50 bits per heavy atom. The number of benzene rings is 1. The summed E-state index contributed by atoms with van der Waals surface area (Å²) in [6, 6.07) is 9.65. The normalized spacial score (nSPS) is 12.2. The Morgan fingerprint density at radius 2 is 2.00 bits per heavy atom. The average Bonchev–Trinajstić information content (AvgIpc) is 2.05. The summed E-state index contributed by atoms with van der Waals surface area (Å²) in [5.74, 6) is 0. The van der Waals surface area contributed by atoms with Gasteiger partial charge in [-0.1, -0.05) is 30.3 Å². The third kappa shape index (κ3) is 2.81. The van der Waals surface area contributed by atoms with E-state index in [9.17, 15) is 4.79 Å². The largest absolute Gasteiger partial charge is 0.450 e. The number of hydrogen-bond acceptors (Lipinski definition) is 2. The van der Waals surface area contributed by atoms with E-state index >= 15 is 0 Å². The smallest absolute Gasteiger partial charge is 0.367 e. The molecule has 0 aliphatic heterocycles. The predicted molar refractivity (Wildman–Crippen MR) is 55.4 cm³/mol. The van der Waals surface area contributed by atoms with Crippen molar-refractivity contribution in [2.45, 2.75) is 13.0 Å². The van der Waals surface area contributed by atoms with Crippen molar-refractivity contribution in [1.29, 1.82) is 0 Å². The fourth-order valence-corrected chi connectivity index (χ4v) is 1.31. The van der Waals surface area contributed by atoms with Crippen LogP contribution in [0.4, 0.5) is 4.79 Å². The zero-order valence-electron chi connectivity index (χ0n) is 6.66. The summed E-state index contributed by atoms with van der Waals surface area (Å²) >= 11 is 1.62. The first-order valence-electron chi connectivity index (χ1n) is 3.61. The third-order valence-corrected chi connectivity index (χ3v) is 1.79. The number of carbonyl (C=O) groups is 1. The van der Waals surface area contributed by atoms with E-state index in [0.29, 0.717) is 0 Å². The standard InChI is InChI=1S/C9H9IO2/c1-7(12-9(10)11)8-5-3-2-4-6-8/h2-7H,1H3/t7-/m0/s1. The molecule has 0 amide bonds. The maximum atomic E-state index is 10.6. The summed E-state index contributed by atoms with van der Waals surface area (Å²) in [5.41, 5.74) is 1.02. The van der Waals surface area contributed by atoms with Gasteiger partial charge in [-0.3, -0.25) is 0 Å². The quantitative estimate of drug-likeness (QED) is 0.611. The molecule has 1 rings (SSSR count). The van der Waals surface area contributed by atoms with E-state index in [1.807, 2.05) is 37.3 Å². The molecule has 0 fully saturated rings. The lowest BCUT2D eigenvalue weighted by molar-refractivity contribution is 0.137. The first-order chi connectivity index (χ1) is 5.70. The summed E-state index contributed by atoms with van der Waals surface area (Å²) in [6.07, 6.45) is -0.157. The van der Waals surface area contributed by atoms with Crippen molar-refractivity contribution in [1.82, 2.24) is 0 Å². The molecule has 1 aromatic rings. The van der Waals surface area contributed by atoms with Gasteiger partial charge in [-0.05, 0) is 12.5 Å². The summed E-state index contributed by atoms with van der Waals surface area (Å²) < 4.78 is 4.71. The number of rotatable bonds is 2. The molecule has 1 atom stereocenters. The minimum absolute atomic E-state index is 0.157. The van der Waals surface area contributed by atoms with Gasteiger partial charge in [0.05, 0.1) is 22.6 Å². The van der Waals surface area contributed by atoms with Gasteiger partial charge in [0.15, 0.2) is 0 Å². The van der Waals surface area contributed by atoms with Crippen molar-refractivity contribution in [3.8, 4) is 0 Å². The van der Waals surface area contributed by atoms with Gasteiger partial charge in [0.25, 0.3) is 0 Å². The highest BCUT2D eigenvalue weighted by Crippen LogP contribution is 2.17. The Balaban J connectivity index is 2.65. The Kier molecular flexibility index (Phi) is 3.52. The lowest BCUT2D eigenvalue weighted by Gasteiger charge is -2.10. The SMILES string of the molecule is C[C@H](OC(=O)I)c1ccccc1. The molecule has 0 aromatic heterocycles.